The summed E-state index contributed by atoms with van der Waals surface area (Å²) in [6.07, 6.45) is 8.31. The van der Waals surface area contributed by atoms with Crippen molar-refractivity contribution in [2.45, 2.75) is 56.5 Å². The van der Waals surface area contributed by atoms with E-state index in [2.05, 4.69) is 12.0 Å². The van der Waals surface area contributed by atoms with Crippen molar-refractivity contribution in [3.05, 3.63) is 12.4 Å². The fourth-order valence-corrected chi connectivity index (χ4v) is 4.38. The van der Waals surface area contributed by atoms with Crippen molar-refractivity contribution in [2.24, 2.45) is 11.7 Å². The smallest absolute Gasteiger partial charge is 0.246 e. The number of nitrogens with zero attached hydrogens (tertiary/aromatic N) is 3. The summed E-state index contributed by atoms with van der Waals surface area (Å²) >= 11 is 0. The fourth-order valence-electron chi connectivity index (χ4n) is 3.01. The zero-order chi connectivity index (χ0) is 15.5. The summed E-state index contributed by atoms with van der Waals surface area (Å²) in [4.78, 5) is 0.260. The van der Waals surface area contributed by atoms with Crippen LogP contribution in [0.5, 0.6) is 0 Å². The van der Waals surface area contributed by atoms with Crippen molar-refractivity contribution in [1.82, 2.24) is 14.1 Å². The molecule has 1 saturated carbocycles. The van der Waals surface area contributed by atoms with Gasteiger partial charge in [-0.05, 0) is 31.6 Å². The van der Waals surface area contributed by atoms with Gasteiger partial charge in [-0.15, -0.1) is 0 Å². The highest BCUT2D eigenvalue weighted by atomic mass is 32.2. The van der Waals surface area contributed by atoms with E-state index < -0.39 is 10.0 Å². The summed E-state index contributed by atoms with van der Waals surface area (Å²) in [6, 6.07) is 0.107. The van der Waals surface area contributed by atoms with Crippen molar-refractivity contribution >= 4 is 10.0 Å². The average Bonchev–Trinajstić information content (AvgIpc) is 2.96. The zero-order valence-corrected chi connectivity index (χ0v) is 13.7. The summed E-state index contributed by atoms with van der Waals surface area (Å²) in [5.74, 6) is 0.754. The van der Waals surface area contributed by atoms with Gasteiger partial charge in [0.05, 0.1) is 12.7 Å². The van der Waals surface area contributed by atoms with E-state index in [-0.39, 0.29) is 10.9 Å². The number of nitrogens with two attached hydrogens (primary N) is 1. The second-order valence-electron chi connectivity index (χ2n) is 5.83. The molecule has 1 fully saturated rings. The van der Waals surface area contributed by atoms with Gasteiger partial charge in [-0.1, -0.05) is 13.3 Å². The molecule has 120 valence electrons. The highest BCUT2D eigenvalue weighted by molar-refractivity contribution is 7.89. The maximum Gasteiger partial charge on any atom is 0.246 e. The van der Waals surface area contributed by atoms with Crippen LogP contribution in [0.3, 0.4) is 0 Å². The third-order valence-corrected chi connectivity index (χ3v) is 6.42. The first-order chi connectivity index (χ1) is 9.98. The van der Waals surface area contributed by atoms with Crippen LogP contribution in [0, 0.1) is 5.92 Å². The van der Waals surface area contributed by atoms with Crippen molar-refractivity contribution in [2.75, 3.05) is 13.6 Å². The first kappa shape index (κ1) is 16.5. The summed E-state index contributed by atoms with van der Waals surface area (Å²) in [5, 5.41) is 4.06. The van der Waals surface area contributed by atoms with Crippen LogP contribution in [0.4, 0.5) is 0 Å². The molecule has 1 heterocycles. The lowest BCUT2D eigenvalue weighted by molar-refractivity contribution is 0.233. The molecule has 1 aromatic heterocycles. The molecular formula is C14H26N4O2S. The molecule has 0 saturated heterocycles. The molecule has 0 radical (unpaired) electrons. The minimum absolute atomic E-state index is 0.107. The van der Waals surface area contributed by atoms with Gasteiger partial charge in [-0.25, -0.2) is 8.42 Å². The number of sulfonamides is 1. The lowest BCUT2D eigenvalue weighted by Crippen LogP contribution is -2.39. The SMILES string of the molecule is CCC1CCC(N(C)S(=O)(=O)c2cnn(CCN)c2)CC1. The molecule has 1 aromatic rings. The summed E-state index contributed by atoms with van der Waals surface area (Å²) in [6.45, 7) is 3.18. The van der Waals surface area contributed by atoms with Crippen molar-refractivity contribution in [1.29, 1.82) is 0 Å². The predicted molar refractivity (Wildman–Crippen MR) is 82.3 cm³/mol. The third kappa shape index (κ3) is 3.64. The standard InChI is InChI=1S/C14H26N4O2S/c1-3-12-4-6-13(7-5-12)17(2)21(19,20)14-10-16-18(11-14)9-8-15/h10-13H,3-9,15H2,1-2H3. The quantitative estimate of drug-likeness (QED) is 0.861. The Morgan fingerprint density at radius 1 is 1.38 bits per heavy atom. The van der Waals surface area contributed by atoms with E-state index in [1.807, 2.05) is 0 Å². The van der Waals surface area contributed by atoms with Crippen molar-refractivity contribution in [3.63, 3.8) is 0 Å². The van der Waals surface area contributed by atoms with Crippen LogP contribution in [0.25, 0.3) is 0 Å². The fraction of sp³-hybridized carbons (Fsp3) is 0.786. The van der Waals surface area contributed by atoms with Crippen LogP contribution in [0.2, 0.25) is 0 Å². The van der Waals surface area contributed by atoms with Gasteiger partial charge in [0.25, 0.3) is 0 Å². The molecule has 0 amide bonds. The van der Waals surface area contributed by atoms with E-state index in [1.165, 1.54) is 16.9 Å². The molecule has 0 bridgehead atoms. The van der Waals surface area contributed by atoms with Crippen LogP contribution >= 0.6 is 0 Å². The molecule has 0 atom stereocenters. The summed E-state index contributed by atoms with van der Waals surface area (Å²) in [5.41, 5.74) is 5.46. The second kappa shape index (κ2) is 6.89. The van der Waals surface area contributed by atoms with E-state index in [9.17, 15) is 8.42 Å². The second-order valence-corrected chi connectivity index (χ2v) is 7.83. The number of rotatable bonds is 6. The normalized spacial score (nSPS) is 23.6. The molecule has 0 aliphatic heterocycles. The molecule has 0 aromatic carbocycles. The molecule has 21 heavy (non-hydrogen) atoms. The first-order valence-corrected chi connectivity index (χ1v) is 9.13. The molecule has 1 aliphatic rings. The minimum atomic E-state index is -3.45. The van der Waals surface area contributed by atoms with Gasteiger partial charge < -0.3 is 5.73 Å². The van der Waals surface area contributed by atoms with Gasteiger partial charge in [-0.3, -0.25) is 4.68 Å². The largest absolute Gasteiger partial charge is 0.329 e. The Kier molecular flexibility index (Phi) is 5.40. The molecule has 7 heteroatoms. The molecule has 6 nitrogen and oxygen atoms in total. The van der Waals surface area contributed by atoms with E-state index in [0.717, 1.165) is 31.6 Å². The van der Waals surface area contributed by atoms with Gasteiger partial charge in [0.15, 0.2) is 0 Å². The van der Waals surface area contributed by atoms with Gasteiger partial charge in [0, 0.05) is 25.8 Å². The van der Waals surface area contributed by atoms with Crippen molar-refractivity contribution in [3.8, 4) is 0 Å². The highest BCUT2D eigenvalue weighted by Gasteiger charge is 2.31. The Balaban J connectivity index is 2.07. The highest BCUT2D eigenvalue weighted by Crippen LogP contribution is 2.31. The average molecular weight is 314 g/mol. The zero-order valence-electron chi connectivity index (χ0n) is 12.9. The lowest BCUT2D eigenvalue weighted by Gasteiger charge is -2.33. The van der Waals surface area contributed by atoms with Crippen LogP contribution < -0.4 is 5.73 Å². The number of hydrogen-bond donors (Lipinski definition) is 1. The van der Waals surface area contributed by atoms with Gasteiger partial charge >= 0.3 is 0 Å². The topological polar surface area (TPSA) is 81.2 Å². The Morgan fingerprint density at radius 2 is 2.05 bits per heavy atom. The third-order valence-electron chi connectivity index (χ3n) is 4.55. The molecule has 0 unspecified atom stereocenters. The summed E-state index contributed by atoms with van der Waals surface area (Å²) in [7, 11) is -1.76. The van der Waals surface area contributed by atoms with Crippen LogP contribution in [-0.2, 0) is 16.6 Å². The maximum absolute atomic E-state index is 12.6. The Hall–Kier alpha value is -0.920. The van der Waals surface area contributed by atoms with Gasteiger partial charge in [0.1, 0.15) is 4.90 Å². The number of hydrogen-bond acceptors (Lipinski definition) is 4. The Morgan fingerprint density at radius 3 is 2.62 bits per heavy atom. The molecular weight excluding hydrogens is 288 g/mol. The Bertz CT molecular complexity index is 547. The van der Waals surface area contributed by atoms with Crippen LogP contribution in [0.15, 0.2) is 17.3 Å². The van der Waals surface area contributed by atoms with E-state index >= 15 is 0 Å². The first-order valence-electron chi connectivity index (χ1n) is 7.69. The minimum Gasteiger partial charge on any atom is -0.329 e. The Labute approximate surface area is 127 Å². The number of aromatic nitrogens is 2. The van der Waals surface area contributed by atoms with Crippen molar-refractivity contribution < 1.29 is 8.42 Å². The monoisotopic (exact) mass is 314 g/mol. The predicted octanol–water partition coefficient (Wildman–Crippen LogP) is 1.43. The van der Waals surface area contributed by atoms with Gasteiger partial charge in [0.2, 0.25) is 10.0 Å². The lowest BCUT2D eigenvalue weighted by atomic mass is 9.85. The van der Waals surface area contributed by atoms with E-state index in [4.69, 9.17) is 5.73 Å². The maximum atomic E-state index is 12.6. The van der Waals surface area contributed by atoms with Gasteiger partial charge in [-0.2, -0.15) is 9.40 Å². The molecule has 1 aliphatic carbocycles. The van der Waals surface area contributed by atoms with Crippen LogP contribution in [-0.4, -0.2) is 42.1 Å². The molecule has 2 N–H and O–H groups in total. The van der Waals surface area contributed by atoms with E-state index in [1.54, 1.807) is 17.9 Å². The van der Waals surface area contributed by atoms with Crippen LogP contribution in [0.1, 0.15) is 39.0 Å². The molecule has 0 spiro atoms. The van der Waals surface area contributed by atoms with E-state index in [0.29, 0.717) is 13.1 Å². The summed E-state index contributed by atoms with van der Waals surface area (Å²) < 4.78 is 28.4. The molecule has 2 rings (SSSR count).